The Hall–Kier alpha value is -1.31. The van der Waals surface area contributed by atoms with Crippen molar-refractivity contribution in [1.29, 1.82) is 0 Å². The highest BCUT2D eigenvalue weighted by atomic mass is 32.1. The van der Waals surface area contributed by atoms with Crippen LogP contribution in [0.2, 0.25) is 0 Å². The molecule has 1 aromatic heterocycles. The number of nitrogens with two attached hydrogens (primary N) is 1. The van der Waals surface area contributed by atoms with Gasteiger partial charge in [-0.05, 0) is 36.3 Å². The van der Waals surface area contributed by atoms with Crippen LogP contribution >= 0.6 is 11.3 Å². The third kappa shape index (κ3) is 5.18. The van der Waals surface area contributed by atoms with Crippen molar-refractivity contribution in [3.8, 4) is 11.8 Å². The Kier molecular flexibility index (Phi) is 6.94. The second-order valence-corrected chi connectivity index (χ2v) is 7.04. The summed E-state index contributed by atoms with van der Waals surface area (Å²) in [7, 11) is 0. The number of thiophene rings is 1. The van der Waals surface area contributed by atoms with Gasteiger partial charge in [0.1, 0.15) is 0 Å². The molecule has 0 aromatic carbocycles. The zero-order valence-corrected chi connectivity index (χ0v) is 14.4. The molecule has 0 spiro atoms. The standard InChI is InChI=1S/C17H26N2OS/c1-11(2)14(12(3)4)10-19-17(20)16-9-13(5)15(21-16)7-6-8-18/h9,11-12,14H,8,10,18H2,1-5H3,(H,19,20). The molecular weight excluding hydrogens is 280 g/mol. The van der Waals surface area contributed by atoms with Crippen molar-refractivity contribution in [3.05, 3.63) is 21.4 Å². The molecule has 0 bridgehead atoms. The lowest BCUT2D eigenvalue weighted by atomic mass is 9.85. The number of amides is 1. The largest absolute Gasteiger partial charge is 0.351 e. The SMILES string of the molecule is Cc1cc(C(=O)NCC(C(C)C)C(C)C)sc1C#CCN. The summed E-state index contributed by atoms with van der Waals surface area (Å²) < 4.78 is 0. The minimum atomic E-state index is -0.00445. The van der Waals surface area contributed by atoms with E-state index in [1.807, 2.05) is 13.0 Å². The molecule has 0 aliphatic carbocycles. The number of rotatable bonds is 5. The van der Waals surface area contributed by atoms with Crippen molar-refractivity contribution in [2.24, 2.45) is 23.5 Å². The van der Waals surface area contributed by atoms with Gasteiger partial charge in [0.15, 0.2) is 0 Å². The fourth-order valence-corrected chi connectivity index (χ4v) is 3.35. The highest BCUT2D eigenvalue weighted by Gasteiger charge is 2.19. The lowest BCUT2D eigenvalue weighted by molar-refractivity contribution is 0.0941. The van der Waals surface area contributed by atoms with Gasteiger partial charge in [0.05, 0.1) is 16.3 Å². The van der Waals surface area contributed by atoms with E-state index in [-0.39, 0.29) is 5.91 Å². The molecule has 0 aliphatic heterocycles. The second-order valence-electron chi connectivity index (χ2n) is 5.99. The van der Waals surface area contributed by atoms with Crippen molar-refractivity contribution in [2.75, 3.05) is 13.1 Å². The number of hydrogen-bond donors (Lipinski definition) is 2. The van der Waals surface area contributed by atoms with Crippen LogP contribution < -0.4 is 11.1 Å². The predicted molar refractivity (Wildman–Crippen MR) is 90.5 cm³/mol. The Morgan fingerprint density at radius 3 is 2.48 bits per heavy atom. The lowest BCUT2D eigenvalue weighted by Crippen LogP contribution is -2.33. The first-order chi connectivity index (χ1) is 9.86. The predicted octanol–water partition coefficient (Wildman–Crippen LogP) is 3.02. The maximum absolute atomic E-state index is 12.3. The number of carbonyl (C=O) groups excluding carboxylic acids is 1. The third-order valence-corrected chi connectivity index (χ3v) is 4.81. The van der Waals surface area contributed by atoms with E-state index in [1.54, 1.807) is 0 Å². The van der Waals surface area contributed by atoms with Gasteiger partial charge in [0.25, 0.3) is 5.91 Å². The first-order valence-electron chi connectivity index (χ1n) is 7.44. The van der Waals surface area contributed by atoms with Crippen LogP contribution in [-0.2, 0) is 0 Å². The van der Waals surface area contributed by atoms with Gasteiger partial charge in [-0.15, -0.1) is 11.3 Å². The Bertz CT molecular complexity index is 527. The Labute approximate surface area is 132 Å². The number of aryl methyl sites for hydroxylation is 1. The van der Waals surface area contributed by atoms with Crippen LogP contribution in [-0.4, -0.2) is 19.0 Å². The minimum Gasteiger partial charge on any atom is -0.351 e. The van der Waals surface area contributed by atoms with E-state index in [9.17, 15) is 4.79 Å². The molecule has 3 nitrogen and oxygen atoms in total. The van der Waals surface area contributed by atoms with Crippen molar-refractivity contribution in [2.45, 2.75) is 34.6 Å². The quantitative estimate of drug-likeness (QED) is 0.822. The Morgan fingerprint density at radius 2 is 1.95 bits per heavy atom. The van der Waals surface area contributed by atoms with E-state index < -0.39 is 0 Å². The molecule has 0 atom stereocenters. The summed E-state index contributed by atoms with van der Waals surface area (Å²) in [4.78, 5) is 13.9. The average molecular weight is 306 g/mol. The van der Waals surface area contributed by atoms with Crippen LogP contribution in [0, 0.1) is 36.5 Å². The minimum absolute atomic E-state index is 0.00445. The highest BCUT2D eigenvalue weighted by Crippen LogP contribution is 2.22. The van der Waals surface area contributed by atoms with Gasteiger partial charge >= 0.3 is 0 Å². The van der Waals surface area contributed by atoms with Gasteiger partial charge in [-0.25, -0.2) is 0 Å². The number of carbonyl (C=O) groups is 1. The molecule has 0 aliphatic rings. The van der Waals surface area contributed by atoms with Gasteiger partial charge in [-0.1, -0.05) is 39.5 Å². The van der Waals surface area contributed by atoms with Crippen LogP contribution in [0.1, 0.15) is 47.8 Å². The smallest absolute Gasteiger partial charge is 0.261 e. The molecule has 0 radical (unpaired) electrons. The van der Waals surface area contributed by atoms with E-state index in [0.717, 1.165) is 21.9 Å². The summed E-state index contributed by atoms with van der Waals surface area (Å²) in [6, 6.07) is 1.90. The topological polar surface area (TPSA) is 55.1 Å². The third-order valence-electron chi connectivity index (χ3n) is 3.66. The summed E-state index contributed by atoms with van der Waals surface area (Å²) in [5, 5.41) is 3.06. The number of nitrogens with one attached hydrogen (secondary N) is 1. The van der Waals surface area contributed by atoms with Crippen LogP contribution in [0.15, 0.2) is 6.07 Å². The van der Waals surface area contributed by atoms with Crippen LogP contribution in [0.25, 0.3) is 0 Å². The molecule has 1 heterocycles. The molecule has 0 saturated heterocycles. The normalized spacial score (nSPS) is 10.9. The molecule has 1 aromatic rings. The zero-order valence-electron chi connectivity index (χ0n) is 13.6. The molecule has 0 fully saturated rings. The molecule has 4 heteroatoms. The molecule has 3 N–H and O–H groups in total. The van der Waals surface area contributed by atoms with Gasteiger partial charge in [0, 0.05) is 6.54 Å². The first-order valence-corrected chi connectivity index (χ1v) is 8.26. The van der Waals surface area contributed by atoms with Crippen molar-refractivity contribution in [3.63, 3.8) is 0 Å². The Morgan fingerprint density at radius 1 is 1.33 bits per heavy atom. The highest BCUT2D eigenvalue weighted by molar-refractivity contribution is 7.14. The van der Waals surface area contributed by atoms with Crippen LogP contribution in [0.5, 0.6) is 0 Å². The summed E-state index contributed by atoms with van der Waals surface area (Å²) in [5.41, 5.74) is 6.42. The fraction of sp³-hybridized carbons (Fsp3) is 0.588. The molecule has 1 rings (SSSR count). The van der Waals surface area contributed by atoms with E-state index in [4.69, 9.17) is 5.73 Å². The molecule has 21 heavy (non-hydrogen) atoms. The van der Waals surface area contributed by atoms with E-state index in [1.165, 1.54) is 11.3 Å². The van der Waals surface area contributed by atoms with Crippen LogP contribution in [0.4, 0.5) is 0 Å². The molecule has 116 valence electrons. The summed E-state index contributed by atoms with van der Waals surface area (Å²) in [6.45, 7) is 11.8. The van der Waals surface area contributed by atoms with Crippen LogP contribution in [0.3, 0.4) is 0 Å². The Balaban J connectivity index is 2.72. The number of hydrogen-bond acceptors (Lipinski definition) is 3. The molecule has 0 saturated carbocycles. The van der Waals surface area contributed by atoms with Crippen molar-refractivity contribution >= 4 is 17.2 Å². The van der Waals surface area contributed by atoms with Gasteiger partial charge < -0.3 is 11.1 Å². The second kappa shape index (κ2) is 8.21. The average Bonchev–Trinajstić information content (AvgIpc) is 2.77. The van der Waals surface area contributed by atoms with Crippen molar-refractivity contribution in [1.82, 2.24) is 5.32 Å². The van der Waals surface area contributed by atoms with Gasteiger partial charge in [0.2, 0.25) is 0 Å². The molecule has 1 amide bonds. The monoisotopic (exact) mass is 306 g/mol. The fourth-order valence-electron chi connectivity index (χ4n) is 2.39. The zero-order chi connectivity index (χ0) is 16.0. The maximum Gasteiger partial charge on any atom is 0.261 e. The van der Waals surface area contributed by atoms with Gasteiger partial charge in [-0.3, -0.25) is 4.79 Å². The van der Waals surface area contributed by atoms with E-state index >= 15 is 0 Å². The summed E-state index contributed by atoms with van der Waals surface area (Å²) in [5.74, 6) is 7.45. The van der Waals surface area contributed by atoms with Gasteiger partial charge in [-0.2, -0.15) is 0 Å². The maximum atomic E-state index is 12.3. The van der Waals surface area contributed by atoms with Crippen molar-refractivity contribution < 1.29 is 4.79 Å². The summed E-state index contributed by atoms with van der Waals surface area (Å²) in [6.07, 6.45) is 0. The lowest BCUT2D eigenvalue weighted by Gasteiger charge is -2.24. The van der Waals surface area contributed by atoms with E-state index in [0.29, 0.717) is 24.3 Å². The molecular formula is C17H26N2OS. The molecule has 0 unspecified atom stereocenters. The first kappa shape index (κ1) is 17.7. The summed E-state index contributed by atoms with van der Waals surface area (Å²) >= 11 is 1.43. The van der Waals surface area contributed by atoms with E-state index in [2.05, 4.69) is 44.9 Å².